The van der Waals surface area contributed by atoms with Gasteiger partial charge in [0.15, 0.2) is 0 Å². The van der Waals surface area contributed by atoms with Crippen LogP contribution in [0.15, 0.2) is 40.0 Å². The number of aromatic amines is 1. The molecule has 0 spiro atoms. The first-order chi connectivity index (χ1) is 12.5. The molecule has 0 atom stereocenters. The number of halogens is 2. The number of carbonyl (C=O) groups excluding carboxylic acids is 2. The van der Waals surface area contributed by atoms with E-state index in [1.165, 1.54) is 0 Å². The number of H-pyrrole nitrogens is 1. The van der Waals surface area contributed by atoms with Crippen LogP contribution in [0.5, 0.6) is 0 Å². The van der Waals surface area contributed by atoms with Gasteiger partial charge in [0.25, 0.3) is 0 Å². The normalized spacial score (nSPS) is 19.1. The Morgan fingerprint density at radius 3 is 2.46 bits per heavy atom. The van der Waals surface area contributed by atoms with Crippen molar-refractivity contribution in [3.05, 3.63) is 51.3 Å². The van der Waals surface area contributed by atoms with Gasteiger partial charge in [-0.1, -0.05) is 41.4 Å². The number of morpholine rings is 1. The molecule has 2 aromatic rings. The van der Waals surface area contributed by atoms with Crippen LogP contribution in [0.2, 0.25) is 0 Å². The molecule has 1 aliphatic carbocycles. The average molecular weight is 391 g/mol. The molecule has 0 bridgehead atoms. The van der Waals surface area contributed by atoms with E-state index in [9.17, 15) is 9.59 Å². The fourth-order valence-electron chi connectivity index (χ4n) is 3.53. The summed E-state index contributed by atoms with van der Waals surface area (Å²) in [4.78, 5) is 31.0. The van der Waals surface area contributed by atoms with Crippen LogP contribution in [-0.4, -0.2) is 47.8 Å². The third-order valence-corrected chi connectivity index (χ3v) is 5.45. The maximum Gasteiger partial charge on any atom is 0.222 e. The van der Waals surface area contributed by atoms with Gasteiger partial charge in [-0.3, -0.25) is 9.59 Å². The number of carbonyl (C=O) groups is 2. The quantitative estimate of drug-likeness (QED) is 0.798. The molecule has 134 valence electrons. The van der Waals surface area contributed by atoms with E-state index in [1.54, 1.807) is 4.90 Å². The topological polar surface area (TPSA) is 62.4 Å². The number of nitrogens with one attached hydrogen (secondary N) is 1. The lowest BCUT2D eigenvalue weighted by Gasteiger charge is -2.32. The van der Waals surface area contributed by atoms with E-state index >= 15 is 0 Å². The van der Waals surface area contributed by atoms with E-state index in [0.717, 1.165) is 16.6 Å². The predicted molar refractivity (Wildman–Crippen MR) is 101 cm³/mol. The molecular formula is C19H16Cl2N2O3. The summed E-state index contributed by atoms with van der Waals surface area (Å²) in [7, 11) is 0. The maximum absolute atomic E-state index is 13.1. The van der Waals surface area contributed by atoms with Crippen molar-refractivity contribution in [3.8, 4) is 0 Å². The number of allylic oxidation sites excluding steroid dienone is 3. The molecule has 0 amide bonds. The fraction of sp³-hybridized carbons (Fsp3) is 0.263. The first-order valence-electron chi connectivity index (χ1n) is 8.30. The number of nitrogens with zero attached hydrogens (tertiary/aromatic N) is 1. The Morgan fingerprint density at radius 2 is 1.73 bits per heavy atom. The second kappa shape index (κ2) is 6.58. The monoisotopic (exact) mass is 390 g/mol. The van der Waals surface area contributed by atoms with Crippen LogP contribution < -0.4 is 0 Å². The van der Waals surface area contributed by atoms with Gasteiger partial charge in [0.1, 0.15) is 15.8 Å². The van der Waals surface area contributed by atoms with E-state index in [2.05, 4.69) is 4.98 Å². The summed E-state index contributed by atoms with van der Waals surface area (Å²) >= 11 is 12.8. The number of ether oxygens (including phenoxy) is 1. The van der Waals surface area contributed by atoms with Crippen LogP contribution in [0, 0.1) is 6.92 Å². The molecule has 1 fully saturated rings. The number of aromatic nitrogens is 1. The predicted octanol–water partition coefficient (Wildman–Crippen LogP) is 3.36. The maximum atomic E-state index is 13.1. The zero-order valence-corrected chi connectivity index (χ0v) is 15.6. The summed E-state index contributed by atoms with van der Waals surface area (Å²) in [5, 5.41) is 0.660. The number of hydrogen-bond donors (Lipinski definition) is 1. The van der Waals surface area contributed by atoms with Gasteiger partial charge < -0.3 is 14.6 Å². The zero-order chi connectivity index (χ0) is 18.4. The third kappa shape index (κ3) is 2.58. The van der Waals surface area contributed by atoms with Gasteiger partial charge >= 0.3 is 0 Å². The lowest BCUT2D eigenvalue weighted by Crippen LogP contribution is -2.40. The van der Waals surface area contributed by atoms with Gasteiger partial charge in [-0.15, -0.1) is 0 Å². The minimum absolute atomic E-state index is 0.0824. The summed E-state index contributed by atoms with van der Waals surface area (Å²) in [5.74, 6) is -0.844. The SMILES string of the molecule is Cc1[nH]c2ccccc2c1C1=C(Cl)C(=O)C(N2CCOCC2)=C(Cl)C1=O. The highest BCUT2D eigenvalue weighted by Crippen LogP contribution is 2.40. The first-order valence-corrected chi connectivity index (χ1v) is 9.05. The number of Topliss-reactive ketones (excluding diaryl/α,β-unsaturated/α-hetero) is 2. The van der Waals surface area contributed by atoms with Gasteiger partial charge in [-0.05, 0) is 13.0 Å². The largest absolute Gasteiger partial charge is 0.378 e. The van der Waals surface area contributed by atoms with Crippen LogP contribution in [-0.2, 0) is 14.3 Å². The number of aryl methyl sites for hydroxylation is 1. The molecular weight excluding hydrogens is 375 g/mol. The Bertz CT molecular complexity index is 997. The number of fused-ring (bicyclic) bond motifs is 1. The Labute approximate surface area is 160 Å². The average Bonchev–Trinajstić information content (AvgIpc) is 2.98. The van der Waals surface area contributed by atoms with E-state index in [0.29, 0.717) is 31.9 Å². The van der Waals surface area contributed by atoms with Gasteiger partial charge in [-0.25, -0.2) is 0 Å². The smallest absolute Gasteiger partial charge is 0.222 e. The van der Waals surface area contributed by atoms with Crippen LogP contribution in [0.4, 0.5) is 0 Å². The number of para-hydroxylation sites is 1. The fourth-order valence-corrected chi connectivity index (χ4v) is 4.10. The second-order valence-electron chi connectivity index (χ2n) is 6.28. The molecule has 0 saturated carbocycles. The standard InChI is InChI=1S/C19H16Cl2N2O3/c1-10-13(11-4-2-3-5-12(11)22-10)14-15(20)19(25)17(16(21)18(14)24)23-6-8-26-9-7-23/h2-5,22H,6-9H2,1H3. The Morgan fingerprint density at radius 1 is 1.04 bits per heavy atom. The number of hydrogen-bond acceptors (Lipinski definition) is 4. The first kappa shape index (κ1) is 17.3. The summed E-state index contributed by atoms with van der Waals surface area (Å²) in [6.45, 7) is 3.79. The molecule has 7 heteroatoms. The van der Waals surface area contributed by atoms with Crippen LogP contribution in [0.1, 0.15) is 11.3 Å². The van der Waals surface area contributed by atoms with Gasteiger partial charge in [0, 0.05) is 35.2 Å². The van der Waals surface area contributed by atoms with Gasteiger partial charge in [0.05, 0.1) is 18.8 Å². The van der Waals surface area contributed by atoms with Crippen molar-refractivity contribution in [1.82, 2.24) is 9.88 Å². The minimum atomic E-state index is -0.425. The van der Waals surface area contributed by atoms with Crippen molar-refractivity contribution in [2.45, 2.75) is 6.92 Å². The zero-order valence-electron chi connectivity index (χ0n) is 14.1. The summed E-state index contributed by atoms with van der Waals surface area (Å²) in [6.07, 6.45) is 0. The third-order valence-electron chi connectivity index (χ3n) is 4.74. The van der Waals surface area contributed by atoms with Gasteiger partial charge in [0.2, 0.25) is 11.6 Å². The van der Waals surface area contributed by atoms with Gasteiger partial charge in [-0.2, -0.15) is 0 Å². The van der Waals surface area contributed by atoms with E-state index in [-0.39, 0.29) is 21.3 Å². The molecule has 1 aromatic heterocycles. The van der Waals surface area contributed by atoms with Crippen molar-refractivity contribution in [3.63, 3.8) is 0 Å². The lowest BCUT2D eigenvalue weighted by molar-refractivity contribution is -0.116. The Balaban J connectivity index is 1.86. The summed E-state index contributed by atoms with van der Waals surface area (Å²) in [6, 6.07) is 7.57. The lowest BCUT2D eigenvalue weighted by atomic mass is 9.91. The Kier molecular flexibility index (Phi) is 4.39. The summed E-state index contributed by atoms with van der Waals surface area (Å²) < 4.78 is 5.31. The molecule has 2 heterocycles. The molecule has 26 heavy (non-hydrogen) atoms. The van der Waals surface area contributed by atoms with Crippen LogP contribution in [0.3, 0.4) is 0 Å². The molecule has 4 rings (SSSR count). The van der Waals surface area contributed by atoms with E-state index in [1.807, 2.05) is 31.2 Å². The highest BCUT2D eigenvalue weighted by molar-refractivity contribution is 6.63. The van der Waals surface area contributed by atoms with Crippen molar-refractivity contribution < 1.29 is 14.3 Å². The highest BCUT2D eigenvalue weighted by atomic mass is 35.5. The number of ketones is 2. The molecule has 1 saturated heterocycles. The van der Waals surface area contributed by atoms with Crippen molar-refractivity contribution in [2.24, 2.45) is 0 Å². The van der Waals surface area contributed by atoms with Crippen molar-refractivity contribution in [1.29, 1.82) is 0 Å². The number of benzene rings is 1. The molecule has 0 unspecified atom stereocenters. The van der Waals surface area contributed by atoms with Crippen molar-refractivity contribution >= 4 is 51.2 Å². The summed E-state index contributed by atoms with van der Waals surface area (Å²) in [5.41, 5.74) is 2.60. The molecule has 1 aromatic carbocycles. The molecule has 2 aliphatic rings. The Hall–Kier alpha value is -2.08. The van der Waals surface area contributed by atoms with Crippen molar-refractivity contribution in [2.75, 3.05) is 26.3 Å². The molecule has 0 radical (unpaired) electrons. The molecule has 5 nitrogen and oxygen atoms in total. The number of rotatable bonds is 2. The highest BCUT2D eigenvalue weighted by Gasteiger charge is 2.38. The van der Waals surface area contributed by atoms with E-state index in [4.69, 9.17) is 27.9 Å². The molecule has 1 N–H and O–H groups in total. The van der Waals surface area contributed by atoms with Crippen LogP contribution >= 0.6 is 23.2 Å². The van der Waals surface area contributed by atoms with E-state index < -0.39 is 11.6 Å². The van der Waals surface area contributed by atoms with Crippen LogP contribution in [0.25, 0.3) is 16.5 Å². The minimum Gasteiger partial charge on any atom is -0.378 e. The molecule has 1 aliphatic heterocycles. The second-order valence-corrected chi connectivity index (χ2v) is 7.04.